The molecule has 5 heteroatoms. The summed E-state index contributed by atoms with van der Waals surface area (Å²) in [5, 5.41) is 3.31. The van der Waals surface area contributed by atoms with Gasteiger partial charge in [-0.3, -0.25) is 0 Å². The van der Waals surface area contributed by atoms with Gasteiger partial charge in [0.15, 0.2) is 9.84 Å². The van der Waals surface area contributed by atoms with Crippen molar-refractivity contribution in [2.45, 2.75) is 13.3 Å². The van der Waals surface area contributed by atoms with Gasteiger partial charge in [0.1, 0.15) is 0 Å². The van der Waals surface area contributed by atoms with Gasteiger partial charge in [0.25, 0.3) is 0 Å². The molecular weight excluding hydrogens is 214 g/mol. The number of sulfone groups is 1. The second-order valence-electron chi connectivity index (χ2n) is 4.49. The van der Waals surface area contributed by atoms with Crippen LogP contribution in [0.15, 0.2) is 0 Å². The van der Waals surface area contributed by atoms with Crippen LogP contribution >= 0.6 is 0 Å². The summed E-state index contributed by atoms with van der Waals surface area (Å²) in [6.07, 6.45) is 0.813. The molecule has 1 rings (SSSR count). The van der Waals surface area contributed by atoms with Crippen LogP contribution in [-0.4, -0.2) is 46.7 Å². The molecule has 0 saturated carbocycles. The van der Waals surface area contributed by atoms with Gasteiger partial charge in [-0.2, -0.15) is 0 Å². The molecule has 1 N–H and O–H groups in total. The first-order valence-corrected chi connectivity index (χ1v) is 7.25. The first-order chi connectivity index (χ1) is 7.03. The van der Waals surface area contributed by atoms with Crippen LogP contribution in [0.4, 0.5) is 0 Å². The molecule has 0 radical (unpaired) electrons. The molecule has 4 nitrogen and oxygen atoms in total. The summed E-state index contributed by atoms with van der Waals surface area (Å²) in [6.45, 7) is 4.57. The van der Waals surface area contributed by atoms with E-state index < -0.39 is 9.84 Å². The minimum Gasteiger partial charge on any atom is -0.384 e. The highest BCUT2D eigenvalue weighted by molar-refractivity contribution is 7.91. The summed E-state index contributed by atoms with van der Waals surface area (Å²) >= 11 is 0. The number of nitrogens with one attached hydrogen (secondary N) is 1. The van der Waals surface area contributed by atoms with Crippen molar-refractivity contribution in [1.29, 1.82) is 0 Å². The topological polar surface area (TPSA) is 55.4 Å². The van der Waals surface area contributed by atoms with E-state index in [1.54, 1.807) is 7.11 Å². The molecule has 0 aromatic rings. The molecule has 1 aliphatic heterocycles. The average Bonchev–Trinajstić information content (AvgIpc) is 2.46. The van der Waals surface area contributed by atoms with E-state index in [2.05, 4.69) is 12.2 Å². The number of ether oxygens (including phenoxy) is 1. The SMILES string of the molecule is COCC(C)CNCC1CCS(=O)(=O)C1. The highest BCUT2D eigenvalue weighted by atomic mass is 32.2. The van der Waals surface area contributed by atoms with Crippen molar-refractivity contribution in [1.82, 2.24) is 5.32 Å². The first-order valence-electron chi connectivity index (χ1n) is 5.43. The molecule has 0 aromatic carbocycles. The van der Waals surface area contributed by atoms with E-state index in [4.69, 9.17) is 4.74 Å². The summed E-state index contributed by atoms with van der Waals surface area (Å²) in [5.41, 5.74) is 0. The Balaban J connectivity index is 2.11. The maximum absolute atomic E-state index is 11.2. The Labute approximate surface area is 92.3 Å². The molecule has 1 heterocycles. The Morgan fingerprint density at radius 2 is 2.27 bits per heavy atom. The zero-order chi connectivity index (χ0) is 11.3. The van der Waals surface area contributed by atoms with Crippen molar-refractivity contribution in [2.75, 3.05) is 38.3 Å². The minimum atomic E-state index is -2.72. The Morgan fingerprint density at radius 3 is 2.80 bits per heavy atom. The second-order valence-corrected chi connectivity index (χ2v) is 6.72. The largest absolute Gasteiger partial charge is 0.384 e. The van der Waals surface area contributed by atoms with Gasteiger partial charge in [-0.25, -0.2) is 8.42 Å². The molecule has 90 valence electrons. The Bertz CT molecular complexity index is 276. The maximum Gasteiger partial charge on any atom is 0.150 e. The van der Waals surface area contributed by atoms with Crippen LogP contribution in [0.2, 0.25) is 0 Å². The number of methoxy groups -OCH3 is 1. The lowest BCUT2D eigenvalue weighted by atomic mass is 10.1. The molecule has 1 fully saturated rings. The van der Waals surface area contributed by atoms with Crippen LogP contribution in [0.3, 0.4) is 0 Å². The number of hydrogen-bond donors (Lipinski definition) is 1. The predicted octanol–water partition coefficient (Wildman–Crippen LogP) is 0.293. The van der Waals surface area contributed by atoms with E-state index in [0.717, 1.165) is 26.1 Å². The highest BCUT2D eigenvalue weighted by Crippen LogP contribution is 2.17. The van der Waals surface area contributed by atoms with E-state index in [1.807, 2.05) is 0 Å². The molecule has 0 aliphatic carbocycles. The summed E-state index contributed by atoms with van der Waals surface area (Å²) < 4.78 is 27.4. The standard InChI is InChI=1S/C10H21NO3S/c1-9(7-14-2)5-11-6-10-3-4-15(12,13)8-10/h9-11H,3-8H2,1-2H3. The van der Waals surface area contributed by atoms with Gasteiger partial charge in [-0.05, 0) is 31.3 Å². The third-order valence-corrected chi connectivity index (χ3v) is 4.54. The van der Waals surface area contributed by atoms with Gasteiger partial charge >= 0.3 is 0 Å². The van der Waals surface area contributed by atoms with E-state index >= 15 is 0 Å². The van der Waals surface area contributed by atoms with E-state index in [0.29, 0.717) is 23.3 Å². The van der Waals surface area contributed by atoms with Crippen molar-refractivity contribution in [3.05, 3.63) is 0 Å². The van der Waals surface area contributed by atoms with Crippen LogP contribution in [0.1, 0.15) is 13.3 Å². The Hall–Kier alpha value is -0.130. The van der Waals surface area contributed by atoms with Crippen molar-refractivity contribution < 1.29 is 13.2 Å². The Kier molecular flexibility index (Phi) is 5.02. The average molecular weight is 235 g/mol. The smallest absolute Gasteiger partial charge is 0.150 e. The third kappa shape index (κ3) is 4.95. The molecule has 0 amide bonds. The minimum absolute atomic E-state index is 0.310. The van der Waals surface area contributed by atoms with E-state index in [9.17, 15) is 8.42 Å². The van der Waals surface area contributed by atoms with Gasteiger partial charge in [-0.1, -0.05) is 6.92 Å². The van der Waals surface area contributed by atoms with E-state index in [-0.39, 0.29) is 0 Å². The van der Waals surface area contributed by atoms with Gasteiger partial charge in [-0.15, -0.1) is 0 Å². The molecular formula is C10H21NO3S. The maximum atomic E-state index is 11.2. The molecule has 1 saturated heterocycles. The quantitative estimate of drug-likeness (QED) is 0.719. The van der Waals surface area contributed by atoms with Crippen molar-refractivity contribution in [3.8, 4) is 0 Å². The zero-order valence-electron chi connectivity index (χ0n) is 9.53. The van der Waals surface area contributed by atoms with E-state index in [1.165, 1.54) is 0 Å². The van der Waals surface area contributed by atoms with Gasteiger partial charge in [0, 0.05) is 13.7 Å². The molecule has 2 unspecified atom stereocenters. The van der Waals surface area contributed by atoms with Crippen molar-refractivity contribution in [2.24, 2.45) is 11.8 Å². The first kappa shape index (κ1) is 12.9. The highest BCUT2D eigenvalue weighted by Gasteiger charge is 2.27. The normalized spacial score (nSPS) is 26.7. The molecule has 2 atom stereocenters. The molecule has 0 spiro atoms. The van der Waals surface area contributed by atoms with Crippen LogP contribution in [-0.2, 0) is 14.6 Å². The van der Waals surface area contributed by atoms with Crippen LogP contribution < -0.4 is 5.32 Å². The lowest BCUT2D eigenvalue weighted by Crippen LogP contribution is -2.29. The van der Waals surface area contributed by atoms with Crippen LogP contribution in [0.5, 0.6) is 0 Å². The molecule has 0 aromatic heterocycles. The second kappa shape index (κ2) is 5.82. The van der Waals surface area contributed by atoms with Gasteiger partial charge < -0.3 is 10.1 Å². The number of hydrogen-bond acceptors (Lipinski definition) is 4. The summed E-state index contributed by atoms with van der Waals surface area (Å²) in [6, 6.07) is 0. The Morgan fingerprint density at radius 1 is 1.53 bits per heavy atom. The third-order valence-electron chi connectivity index (χ3n) is 2.70. The molecule has 1 aliphatic rings. The summed E-state index contributed by atoms with van der Waals surface area (Å²) in [4.78, 5) is 0. The molecule has 0 bridgehead atoms. The summed E-state index contributed by atoms with van der Waals surface area (Å²) in [5.74, 6) is 1.52. The van der Waals surface area contributed by atoms with Crippen molar-refractivity contribution in [3.63, 3.8) is 0 Å². The fourth-order valence-electron chi connectivity index (χ4n) is 1.91. The monoisotopic (exact) mass is 235 g/mol. The van der Waals surface area contributed by atoms with Gasteiger partial charge in [0.2, 0.25) is 0 Å². The summed E-state index contributed by atoms with van der Waals surface area (Å²) in [7, 11) is -1.03. The zero-order valence-corrected chi connectivity index (χ0v) is 10.3. The lowest BCUT2D eigenvalue weighted by Gasteiger charge is -2.13. The van der Waals surface area contributed by atoms with Gasteiger partial charge in [0.05, 0.1) is 11.5 Å². The fraction of sp³-hybridized carbons (Fsp3) is 1.00. The number of rotatable bonds is 6. The fourth-order valence-corrected chi connectivity index (χ4v) is 3.77. The van der Waals surface area contributed by atoms with Crippen LogP contribution in [0, 0.1) is 11.8 Å². The lowest BCUT2D eigenvalue weighted by molar-refractivity contribution is 0.158. The predicted molar refractivity (Wildman–Crippen MR) is 60.7 cm³/mol. The van der Waals surface area contributed by atoms with Crippen LogP contribution in [0.25, 0.3) is 0 Å². The van der Waals surface area contributed by atoms with Crippen molar-refractivity contribution >= 4 is 9.84 Å². The molecule has 15 heavy (non-hydrogen) atoms.